The number of carbonyl (C=O) groups excluding carboxylic acids is 1. The van der Waals surface area contributed by atoms with Crippen LogP contribution in [0.5, 0.6) is 0 Å². The van der Waals surface area contributed by atoms with E-state index in [1.807, 2.05) is 14.0 Å². The molecular formula is C12H19N5O. The Kier molecular flexibility index (Phi) is 3.96. The number of carbonyl (C=O) groups is 1. The number of rotatable bonds is 6. The highest BCUT2D eigenvalue weighted by Gasteiger charge is 2.22. The van der Waals surface area contributed by atoms with Crippen LogP contribution < -0.4 is 16.0 Å². The van der Waals surface area contributed by atoms with Gasteiger partial charge in [0.25, 0.3) is 0 Å². The number of amides is 1. The first-order valence-electron chi connectivity index (χ1n) is 6.23. The molecule has 0 aromatic carbocycles. The summed E-state index contributed by atoms with van der Waals surface area (Å²) >= 11 is 0. The maximum absolute atomic E-state index is 11.5. The Labute approximate surface area is 107 Å². The van der Waals surface area contributed by atoms with Gasteiger partial charge in [-0.2, -0.15) is 0 Å². The topological polar surface area (TPSA) is 78.9 Å². The zero-order chi connectivity index (χ0) is 13.0. The van der Waals surface area contributed by atoms with Crippen molar-refractivity contribution < 1.29 is 4.79 Å². The summed E-state index contributed by atoms with van der Waals surface area (Å²) in [5.41, 5.74) is 0.961. The third kappa shape index (κ3) is 3.32. The standard InChI is InChI=1S/C12H19N5O/c1-8-11(13-2)15-7-16-12(8)14-6-5-10(18)17-9-3-4-9/h7,9H,3-6H2,1-2H3,(H,17,18)(H2,13,14,15,16). The van der Waals surface area contributed by atoms with Crippen LogP contribution in [0.3, 0.4) is 0 Å². The van der Waals surface area contributed by atoms with Gasteiger partial charge >= 0.3 is 0 Å². The Balaban J connectivity index is 1.80. The molecular weight excluding hydrogens is 230 g/mol. The zero-order valence-electron chi connectivity index (χ0n) is 10.8. The second-order valence-corrected chi connectivity index (χ2v) is 4.46. The van der Waals surface area contributed by atoms with Gasteiger partial charge in [0, 0.05) is 31.6 Å². The van der Waals surface area contributed by atoms with Crippen LogP contribution in [-0.2, 0) is 4.79 Å². The highest BCUT2D eigenvalue weighted by molar-refractivity contribution is 5.77. The number of nitrogens with one attached hydrogen (secondary N) is 3. The van der Waals surface area contributed by atoms with E-state index < -0.39 is 0 Å². The molecule has 1 amide bonds. The van der Waals surface area contributed by atoms with Crippen molar-refractivity contribution in [3.8, 4) is 0 Å². The van der Waals surface area contributed by atoms with Gasteiger partial charge in [-0.3, -0.25) is 4.79 Å². The van der Waals surface area contributed by atoms with Crippen molar-refractivity contribution in [2.24, 2.45) is 0 Å². The Morgan fingerprint density at radius 2 is 2.11 bits per heavy atom. The molecule has 1 heterocycles. The van der Waals surface area contributed by atoms with Crippen molar-refractivity contribution in [3.05, 3.63) is 11.9 Å². The van der Waals surface area contributed by atoms with E-state index >= 15 is 0 Å². The predicted octanol–water partition coefficient (Wildman–Crippen LogP) is 0.907. The first-order valence-corrected chi connectivity index (χ1v) is 6.23. The van der Waals surface area contributed by atoms with Crippen molar-refractivity contribution in [2.75, 3.05) is 24.2 Å². The van der Waals surface area contributed by atoms with Crippen LogP contribution in [0.15, 0.2) is 6.33 Å². The molecule has 1 aliphatic carbocycles. The highest BCUT2D eigenvalue weighted by atomic mass is 16.1. The van der Waals surface area contributed by atoms with Gasteiger partial charge in [-0.1, -0.05) is 0 Å². The lowest BCUT2D eigenvalue weighted by Gasteiger charge is -2.10. The minimum absolute atomic E-state index is 0.102. The minimum Gasteiger partial charge on any atom is -0.373 e. The number of aromatic nitrogens is 2. The molecule has 0 bridgehead atoms. The fraction of sp³-hybridized carbons (Fsp3) is 0.583. The first kappa shape index (κ1) is 12.6. The van der Waals surface area contributed by atoms with E-state index in [2.05, 4.69) is 25.9 Å². The fourth-order valence-electron chi connectivity index (χ4n) is 1.70. The summed E-state index contributed by atoms with van der Waals surface area (Å²) in [6, 6.07) is 0.425. The van der Waals surface area contributed by atoms with Crippen molar-refractivity contribution in [1.29, 1.82) is 0 Å². The van der Waals surface area contributed by atoms with E-state index in [9.17, 15) is 4.79 Å². The van der Waals surface area contributed by atoms with E-state index in [4.69, 9.17) is 0 Å². The summed E-state index contributed by atoms with van der Waals surface area (Å²) in [5.74, 6) is 1.68. The molecule has 6 nitrogen and oxygen atoms in total. The molecule has 0 unspecified atom stereocenters. The Morgan fingerprint density at radius 1 is 1.39 bits per heavy atom. The average molecular weight is 249 g/mol. The van der Waals surface area contributed by atoms with Crippen LogP contribution >= 0.6 is 0 Å². The molecule has 18 heavy (non-hydrogen) atoms. The largest absolute Gasteiger partial charge is 0.373 e. The van der Waals surface area contributed by atoms with E-state index in [1.165, 1.54) is 6.33 Å². The van der Waals surface area contributed by atoms with Gasteiger partial charge in [-0.25, -0.2) is 9.97 Å². The third-order valence-electron chi connectivity index (χ3n) is 2.91. The number of hydrogen-bond donors (Lipinski definition) is 3. The number of hydrogen-bond acceptors (Lipinski definition) is 5. The molecule has 6 heteroatoms. The van der Waals surface area contributed by atoms with Crippen LogP contribution in [-0.4, -0.2) is 35.5 Å². The van der Waals surface area contributed by atoms with E-state index in [1.54, 1.807) is 0 Å². The molecule has 0 radical (unpaired) electrons. The molecule has 98 valence electrons. The number of anilines is 2. The molecule has 0 saturated heterocycles. The molecule has 1 aromatic heterocycles. The Bertz CT molecular complexity index is 430. The lowest BCUT2D eigenvalue weighted by Crippen LogP contribution is -2.27. The second-order valence-electron chi connectivity index (χ2n) is 4.46. The normalized spacial score (nSPS) is 14.1. The summed E-state index contributed by atoms with van der Waals surface area (Å²) in [6.07, 6.45) is 4.21. The van der Waals surface area contributed by atoms with Gasteiger partial charge in [-0.05, 0) is 19.8 Å². The van der Waals surface area contributed by atoms with Gasteiger partial charge in [0.2, 0.25) is 5.91 Å². The van der Waals surface area contributed by atoms with Crippen molar-refractivity contribution in [2.45, 2.75) is 32.2 Å². The quantitative estimate of drug-likeness (QED) is 0.698. The van der Waals surface area contributed by atoms with Gasteiger partial charge in [0.15, 0.2) is 0 Å². The van der Waals surface area contributed by atoms with Gasteiger partial charge < -0.3 is 16.0 Å². The molecule has 1 aliphatic rings. The molecule has 0 spiro atoms. The smallest absolute Gasteiger partial charge is 0.221 e. The summed E-state index contributed by atoms with van der Waals surface area (Å²) in [7, 11) is 1.82. The number of nitrogens with zero attached hydrogens (tertiary/aromatic N) is 2. The fourth-order valence-corrected chi connectivity index (χ4v) is 1.70. The maximum Gasteiger partial charge on any atom is 0.221 e. The first-order chi connectivity index (χ1) is 8.70. The average Bonchev–Trinajstić information content (AvgIpc) is 3.15. The van der Waals surface area contributed by atoms with Crippen LogP contribution in [0, 0.1) is 6.92 Å². The summed E-state index contributed by atoms with van der Waals surface area (Å²) in [5, 5.41) is 9.11. The summed E-state index contributed by atoms with van der Waals surface area (Å²) in [4.78, 5) is 19.8. The molecule has 3 N–H and O–H groups in total. The molecule has 1 fully saturated rings. The van der Waals surface area contributed by atoms with E-state index in [-0.39, 0.29) is 5.91 Å². The predicted molar refractivity (Wildman–Crippen MR) is 70.6 cm³/mol. The van der Waals surface area contributed by atoms with E-state index in [0.29, 0.717) is 19.0 Å². The van der Waals surface area contributed by atoms with Crippen molar-refractivity contribution >= 4 is 17.5 Å². The monoisotopic (exact) mass is 249 g/mol. The molecule has 0 aliphatic heterocycles. The van der Waals surface area contributed by atoms with Gasteiger partial charge in [0.05, 0.1) is 0 Å². The minimum atomic E-state index is 0.102. The lowest BCUT2D eigenvalue weighted by molar-refractivity contribution is -0.120. The third-order valence-corrected chi connectivity index (χ3v) is 2.91. The van der Waals surface area contributed by atoms with Crippen molar-refractivity contribution in [3.63, 3.8) is 0 Å². The van der Waals surface area contributed by atoms with E-state index in [0.717, 1.165) is 30.0 Å². The molecule has 1 aromatic rings. The van der Waals surface area contributed by atoms with Crippen molar-refractivity contribution in [1.82, 2.24) is 15.3 Å². The molecule has 0 atom stereocenters. The Hall–Kier alpha value is -1.85. The molecule has 1 saturated carbocycles. The lowest BCUT2D eigenvalue weighted by atomic mass is 10.3. The summed E-state index contributed by atoms with van der Waals surface area (Å²) in [6.45, 7) is 2.53. The van der Waals surface area contributed by atoms with Gasteiger partial charge in [-0.15, -0.1) is 0 Å². The van der Waals surface area contributed by atoms with Crippen LogP contribution in [0.4, 0.5) is 11.6 Å². The SMILES string of the molecule is CNc1ncnc(NCCC(=O)NC2CC2)c1C. The maximum atomic E-state index is 11.5. The second kappa shape index (κ2) is 5.66. The Morgan fingerprint density at radius 3 is 2.78 bits per heavy atom. The highest BCUT2D eigenvalue weighted by Crippen LogP contribution is 2.19. The van der Waals surface area contributed by atoms with Crippen LogP contribution in [0.1, 0.15) is 24.8 Å². The zero-order valence-corrected chi connectivity index (χ0v) is 10.8. The van der Waals surface area contributed by atoms with Crippen LogP contribution in [0.2, 0.25) is 0 Å². The van der Waals surface area contributed by atoms with Gasteiger partial charge in [0.1, 0.15) is 18.0 Å². The molecule has 2 rings (SSSR count). The van der Waals surface area contributed by atoms with Crippen LogP contribution in [0.25, 0.3) is 0 Å². The summed E-state index contributed by atoms with van der Waals surface area (Å²) < 4.78 is 0.